The molecule has 0 aliphatic rings. The van der Waals surface area contributed by atoms with E-state index in [4.69, 9.17) is 9.41 Å². The fraction of sp³-hybridized carbons (Fsp3) is 0.391. The van der Waals surface area contributed by atoms with Crippen LogP contribution in [0.25, 0.3) is 0 Å². The van der Waals surface area contributed by atoms with Crippen molar-refractivity contribution in [2.75, 3.05) is 38.1 Å². The first-order chi connectivity index (χ1) is 14.7. The van der Waals surface area contributed by atoms with Gasteiger partial charge in [-0.25, -0.2) is 0 Å². The van der Waals surface area contributed by atoms with E-state index in [0.717, 1.165) is 57.2 Å². The van der Waals surface area contributed by atoms with Gasteiger partial charge in [0.25, 0.3) is 0 Å². The summed E-state index contributed by atoms with van der Waals surface area (Å²) in [4.78, 5) is 7.02. The van der Waals surface area contributed by atoms with Crippen LogP contribution < -0.4 is 15.5 Å². The Bertz CT molecular complexity index is 872. The Morgan fingerprint density at radius 1 is 1.07 bits per heavy atom. The molecule has 2 N–H and O–H groups in total. The van der Waals surface area contributed by atoms with Gasteiger partial charge in [0, 0.05) is 70.7 Å². The summed E-state index contributed by atoms with van der Waals surface area (Å²) in [7, 11) is 4.09. The minimum Gasteiger partial charge on any atom is -0.469 e. The van der Waals surface area contributed by atoms with E-state index in [1.54, 1.807) is 6.26 Å². The second-order valence-electron chi connectivity index (χ2n) is 7.22. The van der Waals surface area contributed by atoms with Gasteiger partial charge in [0.15, 0.2) is 5.96 Å². The van der Waals surface area contributed by atoms with Gasteiger partial charge in [0.05, 0.1) is 6.26 Å². The lowest BCUT2D eigenvalue weighted by Gasteiger charge is -2.18. The van der Waals surface area contributed by atoms with Crippen LogP contribution >= 0.6 is 0 Å². The van der Waals surface area contributed by atoms with Crippen LogP contribution in [-0.4, -0.2) is 49.0 Å². The van der Waals surface area contributed by atoms with E-state index in [1.807, 2.05) is 42.2 Å². The fourth-order valence-corrected chi connectivity index (χ4v) is 3.20. The highest BCUT2D eigenvalue weighted by Crippen LogP contribution is 2.10. The predicted octanol–water partition coefficient (Wildman–Crippen LogP) is 2.86. The van der Waals surface area contributed by atoms with Crippen LogP contribution in [0.3, 0.4) is 0 Å². The Morgan fingerprint density at radius 3 is 2.57 bits per heavy atom. The van der Waals surface area contributed by atoms with Crippen LogP contribution in [0.1, 0.15) is 17.9 Å². The molecule has 160 valence electrons. The molecule has 0 fully saturated rings. The lowest BCUT2D eigenvalue weighted by atomic mass is 10.3. The molecule has 3 rings (SSSR count). The van der Waals surface area contributed by atoms with Gasteiger partial charge in [0.1, 0.15) is 5.76 Å². The largest absolute Gasteiger partial charge is 0.469 e. The van der Waals surface area contributed by atoms with E-state index < -0.39 is 0 Å². The topological polar surface area (TPSA) is 70.6 Å². The second-order valence-corrected chi connectivity index (χ2v) is 7.22. The molecular weight excluding hydrogens is 376 g/mol. The summed E-state index contributed by atoms with van der Waals surface area (Å²) in [5, 5.41) is 11.1. The number of aromatic nitrogens is 2. The molecule has 0 radical (unpaired) electrons. The molecule has 0 saturated carbocycles. The lowest BCUT2D eigenvalue weighted by Crippen LogP contribution is -2.39. The highest BCUT2D eigenvalue weighted by molar-refractivity contribution is 5.79. The van der Waals surface area contributed by atoms with E-state index >= 15 is 0 Å². The lowest BCUT2D eigenvalue weighted by molar-refractivity contribution is 0.506. The van der Waals surface area contributed by atoms with Gasteiger partial charge in [-0.15, -0.1) is 0 Å². The van der Waals surface area contributed by atoms with Crippen LogP contribution in [0.15, 0.2) is 70.4 Å². The van der Waals surface area contributed by atoms with Gasteiger partial charge in [-0.3, -0.25) is 9.67 Å². The highest BCUT2D eigenvalue weighted by Gasteiger charge is 2.03. The normalized spacial score (nSPS) is 11.5. The third-order valence-electron chi connectivity index (χ3n) is 4.96. The molecule has 0 spiro atoms. The Hall–Kier alpha value is -3.22. The monoisotopic (exact) mass is 408 g/mol. The van der Waals surface area contributed by atoms with Gasteiger partial charge in [-0.2, -0.15) is 5.10 Å². The molecule has 0 atom stereocenters. The zero-order valence-electron chi connectivity index (χ0n) is 17.9. The van der Waals surface area contributed by atoms with Crippen LogP contribution in [0.2, 0.25) is 0 Å². The predicted molar refractivity (Wildman–Crippen MR) is 122 cm³/mol. The maximum atomic E-state index is 5.41. The number of nitrogens with zero attached hydrogens (tertiary/aromatic N) is 4. The average molecular weight is 409 g/mol. The zero-order chi connectivity index (χ0) is 21.0. The first-order valence-electron chi connectivity index (χ1n) is 10.5. The molecule has 2 aromatic heterocycles. The van der Waals surface area contributed by atoms with Crippen LogP contribution in [0, 0.1) is 0 Å². The van der Waals surface area contributed by atoms with Crippen molar-refractivity contribution in [2.45, 2.75) is 19.3 Å². The first-order valence-corrected chi connectivity index (χ1v) is 10.5. The van der Waals surface area contributed by atoms with Crippen molar-refractivity contribution in [3.63, 3.8) is 0 Å². The van der Waals surface area contributed by atoms with E-state index in [-0.39, 0.29) is 0 Å². The molecule has 30 heavy (non-hydrogen) atoms. The van der Waals surface area contributed by atoms with E-state index in [9.17, 15) is 0 Å². The van der Waals surface area contributed by atoms with Crippen molar-refractivity contribution in [3.8, 4) is 0 Å². The van der Waals surface area contributed by atoms with Gasteiger partial charge >= 0.3 is 0 Å². The minimum atomic E-state index is 0.763. The average Bonchev–Trinajstić information content (AvgIpc) is 3.43. The summed E-state index contributed by atoms with van der Waals surface area (Å²) in [5.74, 6) is 1.81. The number of hydrogen-bond donors (Lipinski definition) is 2. The molecule has 1 aromatic carbocycles. The summed E-state index contributed by atoms with van der Waals surface area (Å²) in [6.45, 7) is 3.30. The second kappa shape index (κ2) is 11.7. The minimum absolute atomic E-state index is 0.763. The summed E-state index contributed by atoms with van der Waals surface area (Å²) in [6, 6.07) is 16.4. The van der Waals surface area contributed by atoms with Gasteiger partial charge in [0.2, 0.25) is 0 Å². The van der Waals surface area contributed by atoms with Crippen molar-refractivity contribution in [1.82, 2.24) is 20.4 Å². The SMILES string of the molecule is CN(CCCN=C(NCCc1ccco1)NCCc1ccnn1C)c1ccccc1. The number of nitrogens with one attached hydrogen (secondary N) is 2. The number of furan rings is 1. The number of guanidine groups is 1. The molecule has 3 aromatic rings. The maximum absolute atomic E-state index is 5.41. The fourth-order valence-electron chi connectivity index (χ4n) is 3.20. The Labute approximate surface area is 178 Å². The van der Waals surface area contributed by atoms with Crippen molar-refractivity contribution < 1.29 is 4.42 Å². The van der Waals surface area contributed by atoms with Crippen LogP contribution in [-0.2, 0) is 19.9 Å². The molecule has 0 aliphatic heterocycles. The molecule has 0 bridgehead atoms. The molecule has 0 saturated heterocycles. The van der Waals surface area contributed by atoms with E-state index in [2.05, 4.69) is 51.9 Å². The van der Waals surface area contributed by atoms with Gasteiger partial charge in [-0.05, 0) is 36.8 Å². The third-order valence-corrected chi connectivity index (χ3v) is 4.96. The third kappa shape index (κ3) is 6.99. The van der Waals surface area contributed by atoms with Crippen molar-refractivity contribution in [3.05, 3.63) is 72.4 Å². The maximum Gasteiger partial charge on any atom is 0.191 e. The number of aryl methyl sites for hydroxylation is 1. The molecule has 0 amide bonds. The molecule has 0 aliphatic carbocycles. The zero-order valence-corrected chi connectivity index (χ0v) is 17.9. The summed E-state index contributed by atoms with van der Waals surface area (Å²) in [5.41, 5.74) is 2.43. The molecule has 7 heteroatoms. The van der Waals surface area contributed by atoms with Crippen molar-refractivity contribution in [1.29, 1.82) is 0 Å². The van der Waals surface area contributed by atoms with E-state index in [1.165, 1.54) is 11.4 Å². The van der Waals surface area contributed by atoms with Crippen LogP contribution in [0.5, 0.6) is 0 Å². The number of anilines is 1. The standard InChI is InChI=1S/C23H32N6O/c1-28(20-8-4-3-5-9-20)18-7-14-24-23(26-16-13-22-10-6-19-30-22)25-15-11-21-12-17-27-29(21)2/h3-6,8-10,12,17,19H,7,11,13-16,18H2,1-2H3,(H2,24,25,26). The summed E-state index contributed by atoms with van der Waals surface area (Å²) < 4.78 is 7.32. The molecule has 2 heterocycles. The quantitative estimate of drug-likeness (QED) is 0.290. The Kier molecular flexibility index (Phi) is 8.38. The van der Waals surface area contributed by atoms with E-state index in [0.29, 0.717) is 0 Å². The number of para-hydroxylation sites is 1. The number of benzene rings is 1. The number of rotatable bonds is 11. The van der Waals surface area contributed by atoms with Gasteiger partial charge in [-0.1, -0.05) is 18.2 Å². The highest BCUT2D eigenvalue weighted by atomic mass is 16.3. The smallest absolute Gasteiger partial charge is 0.191 e. The molecule has 7 nitrogen and oxygen atoms in total. The number of aliphatic imine (C=N–C) groups is 1. The number of hydrogen-bond acceptors (Lipinski definition) is 4. The Balaban J connectivity index is 1.46. The molecular formula is C23H32N6O. The summed E-state index contributed by atoms with van der Waals surface area (Å²) in [6.07, 6.45) is 6.24. The van der Waals surface area contributed by atoms with Gasteiger partial charge < -0.3 is 20.0 Å². The van der Waals surface area contributed by atoms with Crippen molar-refractivity contribution >= 4 is 11.6 Å². The molecule has 0 unspecified atom stereocenters. The van der Waals surface area contributed by atoms with Crippen LogP contribution in [0.4, 0.5) is 5.69 Å². The Morgan fingerprint density at radius 2 is 1.87 bits per heavy atom. The first kappa shape index (κ1) is 21.5. The van der Waals surface area contributed by atoms with Crippen molar-refractivity contribution in [2.24, 2.45) is 12.0 Å². The summed E-state index contributed by atoms with van der Waals surface area (Å²) >= 11 is 0.